The van der Waals surface area contributed by atoms with Crippen LogP contribution in [0.1, 0.15) is 21.0 Å². The quantitative estimate of drug-likeness (QED) is 0.684. The van der Waals surface area contributed by atoms with Crippen LogP contribution in [0, 0.1) is 5.82 Å². The number of carboxylic acid groups (broad SMARTS) is 1. The molecule has 0 aliphatic rings. The van der Waals surface area contributed by atoms with Gasteiger partial charge in [-0.25, -0.2) is 23.9 Å². The Morgan fingerprint density at radius 3 is 2.76 bits per heavy atom. The Labute approximate surface area is 123 Å². The molecule has 1 aromatic heterocycles. The predicted molar refractivity (Wildman–Crippen MR) is 70.9 cm³/mol. The monoisotopic (exact) mass is 308 g/mol. The standard InChI is InChI=1S/C13H9FN2O4S/c1-20-13(19)11-15-5-4-10(16-11)21-9-6-7(12(17)18)2-3-8(9)14/h2-6H,1H3,(H,17,18). The molecule has 0 atom stereocenters. The fourth-order valence-corrected chi connectivity index (χ4v) is 2.25. The van der Waals surface area contributed by atoms with Gasteiger partial charge in [-0.2, -0.15) is 0 Å². The fraction of sp³-hybridized carbons (Fsp3) is 0.0769. The Hall–Kier alpha value is -2.48. The Bertz CT molecular complexity index is 708. The molecule has 108 valence electrons. The van der Waals surface area contributed by atoms with Crippen LogP contribution in [0.2, 0.25) is 0 Å². The summed E-state index contributed by atoms with van der Waals surface area (Å²) < 4.78 is 18.2. The average molecular weight is 308 g/mol. The minimum atomic E-state index is -1.16. The van der Waals surface area contributed by atoms with E-state index in [4.69, 9.17) is 5.11 Å². The highest BCUT2D eigenvalue weighted by molar-refractivity contribution is 7.99. The minimum absolute atomic E-state index is 0.0406. The van der Waals surface area contributed by atoms with Crippen molar-refractivity contribution in [1.29, 1.82) is 0 Å². The normalized spacial score (nSPS) is 10.2. The van der Waals surface area contributed by atoms with Crippen LogP contribution in [0.15, 0.2) is 40.4 Å². The second kappa shape index (κ2) is 6.31. The van der Waals surface area contributed by atoms with E-state index < -0.39 is 17.8 Å². The molecular formula is C13H9FN2O4S. The van der Waals surface area contributed by atoms with Crippen molar-refractivity contribution in [3.63, 3.8) is 0 Å². The Morgan fingerprint density at radius 1 is 1.33 bits per heavy atom. The van der Waals surface area contributed by atoms with Gasteiger partial charge in [-0.3, -0.25) is 0 Å². The van der Waals surface area contributed by atoms with E-state index in [9.17, 15) is 14.0 Å². The number of carbonyl (C=O) groups is 2. The molecule has 0 unspecified atom stereocenters. The van der Waals surface area contributed by atoms with Crippen molar-refractivity contribution in [2.24, 2.45) is 0 Å². The van der Waals surface area contributed by atoms with E-state index in [-0.39, 0.29) is 16.3 Å². The molecule has 1 heterocycles. The molecule has 0 saturated heterocycles. The lowest BCUT2D eigenvalue weighted by atomic mass is 10.2. The summed E-state index contributed by atoms with van der Waals surface area (Å²) in [7, 11) is 1.20. The Kier molecular flexibility index (Phi) is 4.49. The van der Waals surface area contributed by atoms with Gasteiger partial charge >= 0.3 is 11.9 Å². The topological polar surface area (TPSA) is 89.4 Å². The van der Waals surface area contributed by atoms with Crippen LogP contribution in [0.5, 0.6) is 0 Å². The second-order valence-corrected chi connectivity index (χ2v) is 4.82. The molecule has 2 rings (SSSR count). The van der Waals surface area contributed by atoms with E-state index in [0.29, 0.717) is 5.03 Å². The summed E-state index contributed by atoms with van der Waals surface area (Å²) >= 11 is 0.891. The van der Waals surface area contributed by atoms with Gasteiger partial charge in [0, 0.05) is 6.20 Å². The van der Waals surface area contributed by atoms with Gasteiger partial charge in [0.15, 0.2) is 0 Å². The van der Waals surface area contributed by atoms with Gasteiger partial charge in [0.25, 0.3) is 0 Å². The third kappa shape index (κ3) is 3.54. The van der Waals surface area contributed by atoms with Crippen LogP contribution < -0.4 is 0 Å². The molecule has 2 aromatic rings. The maximum absolute atomic E-state index is 13.7. The van der Waals surface area contributed by atoms with E-state index in [0.717, 1.165) is 17.8 Å². The van der Waals surface area contributed by atoms with Crippen LogP contribution in [-0.2, 0) is 4.74 Å². The molecule has 0 aliphatic carbocycles. The molecule has 0 bridgehead atoms. The van der Waals surface area contributed by atoms with Crippen molar-refractivity contribution in [3.8, 4) is 0 Å². The number of ether oxygens (including phenoxy) is 1. The first-order chi connectivity index (χ1) is 10.0. The van der Waals surface area contributed by atoms with Crippen LogP contribution in [0.4, 0.5) is 4.39 Å². The molecule has 0 saturated carbocycles. The molecule has 8 heteroatoms. The maximum atomic E-state index is 13.7. The zero-order chi connectivity index (χ0) is 15.4. The summed E-state index contributed by atoms with van der Waals surface area (Å²) in [6, 6.07) is 4.90. The lowest BCUT2D eigenvalue weighted by Gasteiger charge is -2.05. The van der Waals surface area contributed by atoms with Crippen molar-refractivity contribution >= 4 is 23.7 Å². The fourth-order valence-electron chi connectivity index (χ4n) is 1.42. The highest BCUT2D eigenvalue weighted by Crippen LogP contribution is 2.29. The smallest absolute Gasteiger partial charge is 0.376 e. The number of halogens is 1. The van der Waals surface area contributed by atoms with Gasteiger partial charge in [-0.1, -0.05) is 11.8 Å². The molecular weight excluding hydrogens is 299 g/mol. The van der Waals surface area contributed by atoms with E-state index in [2.05, 4.69) is 14.7 Å². The van der Waals surface area contributed by atoms with Gasteiger partial charge in [-0.15, -0.1) is 0 Å². The number of hydrogen-bond donors (Lipinski definition) is 1. The first-order valence-electron chi connectivity index (χ1n) is 5.63. The molecule has 0 radical (unpaired) electrons. The number of methoxy groups -OCH3 is 1. The van der Waals surface area contributed by atoms with Crippen LogP contribution >= 0.6 is 11.8 Å². The van der Waals surface area contributed by atoms with Gasteiger partial charge in [0.05, 0.1) is 17.6 Å². The number of hydrogen-bond acceptors (Lipinski definition) is 6. The van der Waals surface area contributed by atoms with Crippen molar-refractivity contribution in [2.75, 3.05) is 7.11 Å². The maximum Gasteiger partial charge on any atom is 0.376 e. The summed E-state index contributed by atoms with van der Waals surface area (Å²) in [6.45, 7) is 0. The van der Waals surface area contributed by atoms with Gasteiger partial charge in [-0.05, 0) is 24.3 Å². The number of aromatic nitrogens is 2. The number of carboxylic acids is 1. The number of aromatic carboxylic acids is 1. The summed E-state index contributed by atoms with van der Waals surface area (Å²) in [5.41, 5.74) is -0.0406. The molecule has 21 heavy (non-hydrogen) atoms. The molecule has 1 N–H and O–H groups in total. The third-order valence-corrected chi connectivity index (χ3v) is 3.36. The summed E-state index contributed by atoms with van der Waals surface area (Å²) in [4.78, 5) is 29.9. The van der Waals surface area contributed by atoms with Crippen molar-refractivity contribution < 1.29 is 23.8 Å². The number of esters is 1. The zero-order valence-electron chi connectivity index (χ0n) is 10.7. The molecule has 6 nitrogen and oxygen atoms in total. The first kappa shape index (κ1) is 14.9. The number of benzene rings is 1. The Balaban J connectivity index is 2.32. The van der Waals surface area contributed by atoms with Crippen molar-refractivity contribution in [1.82, 2.24) is 9.97 Å². The van der Waals surface area contributed by atoms with Gasteiger partial charge in [0.1, 0.15) is 10.8 Å². The summed E-state index contributed by atoms with van der Waals surface area (Å²) in [5, 5.41) is 9.19. The molecule has 0 fully saturated rings. The van der Waals surface area contributed by atoms with Crippen molar-refractivity contribution in [3.05, 3.63) is 47.7 Å². The second-order valence-electron chi connectivity index (χ2n) is 3.76. The molecule has 0 aliphatic heterocycles. The minimum Gasteiger partial charge on any atom is -0.478 e. The lowest BCUT2D eigenvalue weighted by Crippen LogP contribution is -2.07. The lowest BCUT2D eigenvalue weighted by molar-refractivity contribution is 0.0585. The summed E-state index contributed by atoms with van der Waals surface area (Å²) in [5.74, 6) is -2.60. The first-order valence-corrected chi connectivity index (χ1v) is 6.45. The highest BCUT2D eigenvalue weighted by Gasteiger charge is 2.13. The van der Waals surface area contributed by atoms with Gasteiger partial charge < -0.3 is 9.84 Å². The van der Waals surface area contributed by atoms with E-state index in [1.54, 1.807) is 0 Å². The van der Waals surface area contributed by atoms with E-state index >= 15 is 0 Å². The molecule has 0 amide bonds. The molecule has 1 aromatic carbocycles. The van der Waals surface area contributed by atoms with Crippen LogP contribution in [-0.4, -0.2) is 34.1 Å². The number of carbonyl (C=O) groups excluding carboxylic acids is 1. The predicted octanol–water partition coefficient (Wildman–Crippen LogP) is 2.25. The summed E-state index contributed by atoms with van der Waals surface area (Å²) in [6.07, 6.45) is 1.33. The Morgan fingerprint density at radius 2 is 2.10 bits per heavy atom. The van der Waals surface area contributed by atoms with Crippen LogP contribution in [0.3, 0.4) is 0 Å². The molecule has 0 spiro atoms. The SMILES string of the molecule is COC(=O)c1nccc(Sc2cc(C(=O)O)ccc2F)n1. The van der Waals surface area contributed by atoms with Crippen LogP contribution in [0.25, 0.3) is 0 Å². The van der Waals surface area contributed by atoms with Crippen molar-refractivity contribution in [2.45, 2.75) is 9.92 Å². The van der Waals surface area contributed by atoms with E-state index in [1.165, 1.54) is 31.5 Å². The van der Waals surface area contributed by atoms with E-state index in [1.807, 2.05) is 0 Å². The number of rotatable bonds is 4. The average Bonchev–Trinajstić information content (AvgIpc) is 2.48. The largest absolute Gasteiger partial charge is 0.478 e. The van der Waals surface area contributed by atoms with Gasteiger partial charge in [0.2, 0.25) is 5.82 Å². The highest BCUT2D eigenvalue weighted by atomic mass is 32.2. The third-order valence-electron chi connectivity index (χ3n) is 2.39. The number of nitrogens with zero attached hydrogens (tertiary/aromatic N) is 2. The zero-order valence-corrected chi connectivity index (χ0v) is 11.6.